The number of likely N-dealkylation sites (N-methyl/N-ethyl adjacent to an activating group) is 1. The molecule has 2 amide bonds. The van der Waals surface area contributed by atoms with Gasteiger partial charge in [-0.15, -0.1) is 11.3 Å². The molecule has 2 saturated heterocycles. The van der Waals surface area contributed by atoms with E-state index in [0.29, 0.717) is 25.9 Å². The number of thiazole rings is 1. The third-order valence-corrected chi connectivity index (χ3v) is 6.11. The number of piperidine rings is 1. The Bertz CT molecular complexity index is 604. The summed E-state index contributed by atoms with van der Waals surface area (Å²) in [4.78, 5) is 23.4. The van der Waals surface area contributed by atoms with E-state index < -0.39 is 5.60 Å². The van der Waals surface area contributed by atoms with Crippen LogP contribution < -0.4 is 5.32 Å². The summed E-state index contributed by atoms with van der Waals surface area (Å²) in [6.07, 6.45) is 1.08. The molecule has 0 atom stereocenters. The van der Waals surface area contributed by atoms with E-state index in [1.165, 1.54) is 0 Å². The lowest BCUT2D eigenvalue weighted by Crippen LogP contribution is -2.50. The van der Waals surface area contributed by atoms with Crippen molar-refractivity contribution in [3.63, 3.8) is 0 Å². The number of aromatic nitrogens is 1. The Hall–Kier alpha value is -1.22. The highest BCUT2D eigenvalue weighted by atomic mass is 32.1. The predicted octanol–water partition coefficient (Wildman–Crippen LogP) is 1.29. The molecule has 3 heterocycles. The topological polar surface area (TPSA) is 71.9 Å². The first-order valence-corrected chi connectivity index (χ1v) is 10.4. The van der Waals surface area contributed by atoms with Crippen molar-refractivity contribution >= 4 is 17.4 Å². The Morgan fingerprint density at radius 3 is 2.54 bits per heavy atom. The van der Waals surface area contributed by atoms with Gasteiger partial charge in [0.1, 0.15) is 10.6 Å². The highest BCUT2D eigenvalue weighted by Gasteiger charge is 2.37. The summed E-state index contributed by atoms with van der Waals surface area (Å²) < 4.78 is 0. The second-order valence-corrected chi connectivity index (χ2v) is 8.77. The van der Waals surface area contributed by atoms with Crippen LogP contribution >= 0.6 is 11.3 Å². The van der Waals surface area contributed by atoms with Crippen molar-refractivity contribution in [2.45, 2.75) is 44.9 Å². The molecule has 2 fully saturated rings. The number of carbonyl (C=O) groups is 1. The minimum absolute atomic E-state index is 0.0453. The normalized spacial score (nSPS) is 22.0. The summed E-state index contributed by atoms with van der Waals surface area (Å²) in [5.41, 5.74) is -0.138. The van der Waals surface area contributed by atoms with E-state index in [4.69, 9.17) is 4.98 Å². The fourth-order valence-electron chi connectivity index (χ4n) is 3.47. The molecule has 0 aromatic carbocycles. The Morgan fingerprint density at radius 1 is 1.27 bits per heavy atom. The van der Waals surface area contributed by atoms with Crippen molar-refractivity contribution in [2.24, 2.45) is 0 Å². The molecule has 26 heavy (non-hydrogen) atoms. The predicted molar refractivity (Wildman–Crippen MR) is 103 cm³/mol. The van der Waals surface area contributed by atoms with E-state index in [1.54, 1.807) is 16.2 Å². The van der Waals surface area contributed by atoms with Crippen LogP contribution in [0.4, 0.5) is 4.79 Å². The van der Waals surface area contributed by atoms with Gasteiger partial charge in [-0.3, -0.25) is 4.90 Å². The van der Waals surface area contributed by atoms with Crippen LogP contribution in [-0.4, -0.2) is 83.2 Å². The highest BCUT2D eigenvalue weighted by Crippen LogP contribution is 2.33. The van der Waals surface area contributed by atoms with Gasteiger partial charge in [0.15, 0.2) is 0 Å². The smallest absolute Gasteiger partial charge is 0.317 e. The molecule has 0 saturated carbocycles. The maximum absolute atomic E-state index is 12.1. The number of carbonyl (C=O) groups excluding carboxylic acids is 1. The fourth-order valence-corrected chi connectivity index (χ4v) is 4.40. The first-order chi connectivity index (χ1) is 12.4. The monoisotopic (exact) mass is 381 g/mol. The maximum Gasteiger partial charge on any atom is 0.317 e. The maximum atomic E-state index is 12.1. The second kappa shape index (κ2) is 8.21. The Morgan fingerprint density at radius 2 is 1.92 bits per heavy atom. The first-order valence-electron chi connectivity index (χ1n) is 9.49. The van der Waals surface area contributed by atoms with Gasteiger partial charge in [0, 0.05) is 50.7 Å². The van der Waals surface area contributed by atoms with Gasteiger partial charge in [0.05, 0.1) is 12.2 Å². The number of piperazine rings is 1. The van der Waals surface area contributed by atoms with Crippen molar-refractivity contribution < 1.29 is 9.90 Å². The van der Waals surface area contributed by atoms with E-state index in [0.717, 1.165) is 43.4 Å². The van der Waals surface area contributed by atoms with Crippen molar-refractivity contribution in [1.29, 1.82) is 0 Å². The molecule has 1 aromatic rings. The lowest BCUT2D eigenvalue weighted by Gasteiger charge is -2.37. The summed E-state index contributed by atoms with van der Waals surface area (Å²) in [5.74, 6) is 0. The van der Waals surface area contributed by atoms with Crippen molar-refractivity contribution in [2.75, 3.05) is 46.3 Å². The van der Waals surface area contributed by atoms with Gasteiger partial charge in [-0.1, -0.05) is 0 Å². The van der Waals surface area contributed by atoms with Crippen LogP contribution in [0.2, 0.25) is 0 Å². The van der Waals surface area contributed by atoms with Crippen LogP contribution in [0.5, 0.6) is 0 Å². The van der Waals surface area contributed by atoms with E-state index in [1.807, 2.05) is 19.2 Å². The molecular formula is C18H31N5O2S. The van der Waals surface area contributed by atoms with Crippen LogP contribution in [0.1, 0.15) is 37.4 Å². The van der Waals surface area contributed by atoms with E-state index in [-0.39, 0.29) is 12.1 Å². The van der Waals surface area contributed by atoms with Crippen LogP contribution in [0.3, 0.4) is 0 Å². The molecule has 3 rings (SSSR count). The van der Waals surface area contributed by atoms with Crippen LogP contribution in [0.25, 0.3) is 0 Å². The minimum Gasteiger partial charge on any atom is -0.383 e. The largest absolute Gasteiger partial charge is 0.383 e. The molecule has 1 aromatic heterocycles. The number of likely N-dealkylation sites (tertiary alicyclic amines) is 1. The molecule has 2 N–H and O–H groups in total. The zero-order valence-electron chi connectivity index (χ0n) is 16.1. The Labute approximate surface area is 160 Å². The third-order valence-electron chi connectivity index (χ3n) is 5.27. The molecule has 146 valence electrons. The third kappa shape index (κ3) is 4.73. The molecule has 0 aliphatic carbocycles. The van der Waals surface area contributed by atoms with Crippen LogP contribution in [0.15, 0.2) is 5.38 Å². The minimum atomic E-state index is -0.911. The van der Waals surface area contributed by atoms with Gasteiger partial charge < -0.3 is 20.2 Å². The second-order valence-electron chi connectivity index (χ2n) is 7.83. The van der Waals surface area contributed by atoms with E-state index >= 15 is 0 Å². The van der Waals surface area contributed by atoms with Gasteiger partial charge >= 0.3 is 6.03 Å². The zero-order chi connectivity index (χ0) is 18.7. The molecule has 7 nitrogen and oxygen atoms in total. The average molecular weight is 382 g/mol. The molecule has 0 radical (unpaired) electrons. The molecule has 8 heteroatoms. The summed E-state index contributed by atoms with van der Waals surface area (Å²) in [7, 11) is 2.15. The number of aliphatic hydroxyl groups is 1. The van der Waals surface area contributed by atoms with E-state index in [9.17, 15) is 9.90 Å². The molecule has 0 unspecified atom stereocenters. The molecule has 2 aliphatic rings. The Kier molecular flexibility index (Phi) is 6.17. The summed E-state index contributed by atoms with van der Waals surface area (Å²) >= 11 is 1.63. The number of urea groups is 1. The number of amides is 2. The Balaban J connectivity index is 1.55. The lowest BCUT2D eigenvalue weighted by molar-refractivity contribution is -0.0201. The standard InChI is InChI=1S/C18H31N5O2S/c1-14(2)19-17(24)23-6-4-18(25,5-7-23)15-13-26-16(20-15)12-22-10-8-21(3)9-11-22/h13-14,25H,4-12H2,1-3H3,(H,19,24). The summed E-state index contributed by atoms with van der Waals surface area (Å²) in [5, 5.41) is 17.0. The van der Waals surface area contributed by atoms with Gasteiger partial charge in [-0.25, -0.2) is 9.78 Å². The number of nitrogens with one attached hydrogen (secondary N) is 1. The SMILES string of the molecule is CC(C)NC(=O)N1CCC(O)(c2csc(CN3CCN(C)CC3)n2)CC1. The van der Waals surface area contributed by atoms with Crippen LogP contribution in [-0.2, 0) is 12.1 Å². The van der Waals surface area contributed by atoms with Crippen molar-refractivity contribution in [3.05, 3.63) is 16.1 Å². The summed E-state index contributed by atoms with van der Waals surface area (Å²) in [6.45, 7) is 10.2. The summed E-state index contributed by atoms with van der Waals surface area (Å²) in [6, 6.07) is 0.0788. The lowest BCUT2D eigenvalue weighted by atomic mass is 9.89. The van der Waals surface area contributed by atoms with E-state index in [2.05, 4.69) is 22.2 Å². The first kappa shape index (κ1) is 19.5. The number of rotatable bonds is 4. The average Bonchev–Trinajstić information content (AvgIpc) is 3.06. The number of hydrogen-bond donors (Lipinski definition) is 2. The fraction of sp³-hybridized carbons (Fsp3) is 0.778. The molecule has 2 aliphatic heterocycles. The van der Waals surface area contributed by atoms with Gasteiger partial charge in [0.25, 0.3) is 0 Å². The van der Waals surface area contributed by atoms with Crippen LogP contribution in [0, 0.1) is 0 Å². The number of hydrogen-bond acceptors (Lipinski definition) is 6. The van der Waals surface area contributed by atoms with Gasteiger partial charge in [-0.2, -0.15) is 0 Å². The quantitative estimate of drug-likeness (QED) is 0.822. The van der Waals surface area contributed by atoms with Crippen molar-refractivity contribution in [1.82, 2.24) is 25.0 Å². The highest BCUT2D eigenvalue weighted by molar-refractivity contribution is 7.09. The van der Waals surface area contributed by atoms with Gasteiger partial charge in [-0.05, 0) is 33.7 Å². The molecular weight excluding hydrogens is 350 g/mol. The molecule has 0 bridgehead atoms. The molecule has 0 spiro atoms. The zero-order valence-corrected chi connectivity index (χ0v) is 16.9. The van der Waals surface area contributed by atoms with Crippen molar-refractivity contribution in [3.8, 4) is 0 Å². The number of nitrogens with zero attached hydrogens (tertiary/aromatic N) is 4. The van der Waals surface area contributed by atoms with Gasteiger partial charge in [0.2, 0.25) is 0 Å².